The van der Waals surface area contributed by atoms with Crippen molar-refractivity contribution in [1.82, 2.24) is 0 Å². The molecular formula is C13H13F2NO3. The van der Waals surface area contributed by atoms with Crippen molar-refractivity contribution < 1.29 is 23.0 Å². The second-order valence-electron chi connectivity index (χ2n) is 4.37. The third-order valence-electron chi connectivity index (χ3n) is 3.47. The topological polar surface area (TPSA) is 47.9 Å². The van der Waals surface area contributed by atoms with Crippen LogP contribution in [0.3, 0.4) is 0 Å². The van der Waals surface area contributed by atoms with Crippen molar-refractivity contribution >= 4 is 6.08 Å². The maximum Gasteiger partial charge on any atom is 0.235 e. The molecule has 0 heterocycles. The Morgan fingerprint density at radius 3 is 2.42 bits per heavy atom. The number of ether oxygens (including phenoxy) is 2. The summed E-state index contributed by atoms with van der Waals surface area (Å²) in [4.78, 5) is 14.2. The quantitative estimate of drug-likeness (QED) is 0.623. The lowest BCUT2D eigenvalue weighted by molar-refractivity contribution is 0.230. The first-order chi connectivity index (χ1) is 9.09. The molecule has 0 saturated heterocycles. The number of hydrogen-bond acceptors (Lipinski definition) is 4. The predicted molar refractivity (Wildman–Crippen MR) is 63.1 cm³/mol. The van der Waals surface area contributed by atoms with Crippen LogP contribution in [0.1, 0.15) is 24.8 Å². The van der Waals surface area contributed by atoms with Crippen molar-refractivity contribution in [1.29, 1.82) is 0 Å². The first kappa shape index (κ1) is 13.5. The molecule has 1 fully saturated rings. The molecule has 4 nitrogen and oxygen atoms in total. The third-order valence-corrected chi connectivity index (χ3v) is 3.47. The Balaban J connectivity index is 2.73. The zero-order chi connectivity index (χ0) is 14.0. The average molecular weight is 269 g/mol. The van der Waals surface area contributed by atoms with Crippen LogP contribution in [0.2, 0.25) is 0 Å². The zero-order valence-corrected chi connectivity index (χ0v) is 10.6. The molecule has 1 saturated carbocycles. The molecule has 0 atom stereocenters. The van der Waals surface area contributed by atoms with E-state index in [-0.39, 0.29) is 17.1 Å². The molecule has 6 heteroatoms. The van der Waals surface area contributed by atoms with E-state index in [4.69, 9.17) is 9.47 Å². The number of isocyanates is 1. The van der Waals surface area contributed by atoms with Crippen LogP contribution >= 0.6 is 0 Å². The smallest absolute Gasteiger partial charge is 0.235 e. The number of benzene rings is 1. The van der Waals surface area contributed by atoms with Crippen LogP contribution in [0.4, 0.5) is 8.78 Å². The van der Waals surface area contributed by atoms with Crippen LogP contribution in [0.15, 0.2) is 11.1 Å². The Morgan fingerprint density at radius 1 is 1.32 bits per heavy atom. The molecule has 0 spiro atoms. The Kier molecular flexibility index (Phi) is 3.53. The lowest BCUT2D eigenvalue weighted by Crippen LogP contribution is -2.34. The highest BCUT2D eigenvalue weighted by atomic mass is 19.2. The van der Waals surface area contributed by atoms with Gasteiger partial charge in [-0.15, -0.1) is 0 Å². The first-order valence-electron chi connectivity index (χ1n) is 5.79. The highest BCUT2D eigenvalue weighted by Crippen LogP contribution is 2.51. The molecule has 102 valence electrons. The molecular weight excluding hydrogens is 256 g/mol. The van der Waals surface area contributed by atoms with E-state index in [0.717, 1.165) is 12.5 Å². The van der Waals surface area contributed by atoms with Crippen LogP contribution in [-0.4, -0.2) is 20.3 Å². The SMILES string of the molecule is COc1cc(F)c(F)c(C2(N=C=O)CCC2)c1OC. The molecule has 1 aromatic carbocycles. The summed E-state index contributed by atoms with van der Waals surface area (Å²) in [7, 11) is 2.66. The Labute approximate surface area is 109 Å². The Morgan fingerprint density at radius 2 is 2.00 bits per heavy atom. The fourth-order valence-corrected chi connectivity index (χ4v) is 2.37. The number of methoxy groups -OCH3 is 2. The summed E-state index contributed by atoms with van der Waals surface area (Å²) >= 11 is 0. The number of aliphatic imine (C=N–C) groups is 1. The van der Waals surface area contributed by atoms with Gasteiger partial charge < -0.3 is 9.47 Å². The van der Waals surface area contributed by atoms with Gasteiger partial charge in [0.05, 0.1) is 19.8 Å². The molecule has 0 radical (unpaired) electrons. The minimum atomic E-state index is -1.09. The number of hydrogen-bond donors (Lipinski definition) is 0. The molecule has 1 aliphatic rings. The molecule has 0 N–H and O–H groups in total. The summed E-state index contributed by atoms with van der Waals surface area (Å²) in [5.74, 6) is -1.97. The van der Waals surface area contributed by atoms with E-state index in [9.17, 15) is 13.6 Å². The normalized spacial score (nSPS) is 16.2. The molecule has 19 heavy (non-hydrogen) atoms. The van der Waals surface area contributed by atoms with Crippen LogP contribution < -0.4 is 9.47 Å². The average Bonchev–Trinajstić information content (AvgIpc) is 2.37. The van der Waals surface area contributed by atoms with E-state index in [0.29, 0.717) is 12.8 Å². The van der Waals surface area contributed by atoms with Crippen molar-refractivity contribution in [2.75, 3.05) is 14.2 Å². The summed E-state index contributed by atoms with van der Waals surface area (Å²) in [6.45, 7) is 0. The second kappa shape index (κ2) is 4.97. The monoisotopic (exact) mass is 269 g/mol. The fourth-order valence-electron chi connectivity index (χ4n) is 2.37. The first-order valence-corrected chi connectivity index (χ1v) is 5.79. The van der Waals surface area contributed by atoms with Gasteiger partial charge in [0.25, 0.3) is 0 Å². The van der Waals surface area contributed by atoms with Crippen LogP contribution in [-0.2, 0) is 10.3 Å². The van der Waals surface area contributed by atoms with Crippen molar-refractivity contribution in [2.24, 2.45) is 4.99 Å². The van der Waals surface area contributed by atoms with E-state index >= 15 is 0 Å². The van der Waals surface area contributed by atoms with E-state index in [1.54, 1.807) is 0 Å². The lowest BCUT2D eigenvalue weighted by Gasteiger charge is -2.38. The van der Waals surface area contributed by atoms with Crippen molar-refractivity contribution in [3.05, 3.63) is 23.3 Å². The van der Waals surface area contributed by atoms with Gasteiger partial charge in [0.1, 0.15) is 5.54 Å². The number of carbonyl (C=O) groups excluding carboxylic acids is 1. The van der Waals surface area contributed by atoms with Gasteiger partial charge in [0, 0.05) is 6.07 Å². The second-order valence-corrected chi connectivity index (χ2v) is 4.37. The highest BCUT2D eigenvalue weighted by molar-refractivity contribution is 5.53. The lowest BCUT2D eigenvalue weighted by atomic mass is 9.71. The molecule has 0 amide bonds. The van der Waals surface area contributed by atoms with Crippen molar-refractivity contribution in [3.63, 3.8) is 0 Å². The predicted octanol–water partition coefficient (Wildman–Crippen LogP) is 2.70. The Hall–Kier alpha value is -1.94. The molecule has 1 aromatic rings. The van der Waals surface area contributed by atoms with Crippen LogP contribution in [0.5, 0.6) is 11.5 Å². The minimum absolute atomic E-state index is 0.0681. The summed E-state index contributed by atoms with van der Waals surface area (Å²) in [5.41, 5.74) is -1.16. The maximum atomic E-state index is 14.1. The number of rotatable bonds is 4. The molecule has 1 aliphatic carbocycles. The summed E-state index contributed by atoms with van der Waals surface area (Å²) in [5, 5.41) is 0. The number of nitrogens with zero attached hydrogens (tertiary/aromatic N) is 1. The maximum absolute atomic E-state index is 14.1. The largest absolute Gasteiger partial charge is 0.493 e. The molecule has 0 aromatic heterocycles. The summed E-state index contributed by atoms with van der Waals surface area (Å²) in [6.07, 6.45) is 3.10. The Bertz CT molecular complexity index is 549. The van der Waals surface area contributed by atoms with Gasteiger partial charge in [-0.25, -0.2) is 13.6 Å². The van der Waals surface area contributed by atoms with Crippen LogP contribution in [0, 0.1) is 11.6 Å². The number of halogens is 2. The highest BCUT2D eigenvalue weighted by Gasteiger charge is 2.45. The molecule has 0 aliphatic heterocycles. The molecule has 2 rings (SSSR count). The van der Waals surface area contributed by atoms with Gasteiger partial charge in [0.2, 0.25) is 6.08 Å². The van der Waals surface area contributed by atoms with Gasteiger partial charge in [0.15, 0.2) is 23.1 Å². The van der Waals surface area contributed by atoms with E-state index in [1.807, 2.05) is 0 Å². The third kappa shape index (κ3) is 1.98. The fraction of sp³-hybridized carbons (Fsp3) is 0.462. The van der Waals surface area contributed by atoms with E-state index in [2.05, 4.69) is 4.99 Å². The van der Waals surface area contributed by atoms with Gasteiger partial charge in [-0.05, 0) is 19.3 Å². The zero-order valence-electron chi connectivity index (χ0n) is 10.6. The summed E-state index contributed by atoms with van der Waals surface area (Å²) in [6, 6.07) is 0.911. The minimum Gasteiger partial charge on any atom is -0.493 e. The molecule has 0 unspecified atom stereocenters. The van der Waals surface area contributed by atoms with Crippen LogP contribution in [0.25, 0.3) is 0 Å². The van der Waals surface area contributed by atoms with Crippen molar-refractivity contribution in [2.45, 2.75) is 24.8 Å². The summed E-state index contributed by atoms with van der Waals surface area (Å²) < 4.78 is 37.8. The van der Waals surface area contributed by atoms with Gasteiger partial charge in [-0.3, -0.25) is 0 Å². The van der Waals surface area contributed by atoms with Gasteiger partial charge >= 0.3 is 0 Å². The van der Waals surface area contributed by atoms with E-state index < -0.39 is 17.2 Å². The van der Waals surface area contributed by atoms with Gasteiger partial charge in [-0.2, -0.15) is 4.99 Å². The molecule has 0 bridgehead atoms. The standard InChI is InChI=1S/C13H13F2NO3/c1-18-9-6-8(14)11(15)10(12(9)19-2)13(16-7-17)4-3-5-13/h6H,3-5H2,1-2H3. The van der Waals surface area contributed by atoms with Gasteiger partial charge in [-0.1, -0.05) is 0 Å². The van der Waals surface area contributed by atoms with Crippen molar-refractivity contribution in [3.8, 4) is 11.5 Å². The van der Waals surface area contributed by atoms with E-state index in [1.165, 1.54) is 20.3 Å².